The van der Waals surface area contributed by atoms with Crippen LogP contribution in [0.4, 0.5) is 0 Å². The van der Waals surface area contributed by atoms with E-state index in [1.54, 1.807) is 19.2 Å². The first kappa shape index (κ1) is 8.94. The minimum Gasteiger partial charge on any atom is -0.537 e. The van der Waals surface area contributed by atoms with Gasteiger partial charge >= 0.3 is 7.69 Å². The summed E-state index contributed by atoms with van der Waals surface area (Å²) in [5.41, 5.74) is 0.916. The van der Waals surface area contributed by atoms with Gasteiger partial charge in [0.25, 0.3) is 0 Å². The maximum Gasteiger partial charge on any atom is 0.569 e. The SMILES string of the molecule is COc1ccc(O[B]O)c(C)c1. The van der Waals surface area contributed by atoms with Gasteiger partial charge < -0.3 is 14.4 Å². The fraction of sp³-hybridized carbons (Fsp3) is 0.250. The first-order chi connectivity index (χ1) is 5.77. The lowest BCUT2D eigenvalue weighted by atomic mass is 10.2. The van der Waals surface area contributed by atoms with Crippen molar-refractivity contribution in [1.82, 2.24) is 0 Å². The fourth-order valence-corrected chi connectivity index (χ4v) is 0.938. The zero-order chi connectivity index (χ0) is 8.97. The van der Waals surface area contributed by atoms with Gasteiger partial charge in [0.1, 0.15) is 11.5 Å². The number of ether oxygens (including phenoxy) is 1. The average molecular weight is 165 g/mol. The maximum atomic E-state index is 8.39. The molecular formula is C8H10BO3. The van der Waals surface area contributed by atoms with Crippen molar-refractivity contribution in [2.24, 2.45) is 0 Å². The standard InChI is InChI=1S/C8H10BO3/c1-6-5-7(11-2)3-4-8(6)12-9-10/h3-5,10H,1-2H3. The molecule has 0 saturated heterocycles. The second-order valence-electron chi connectivity index (χ2n) is 2.35. The van der Waals surface area contributed by atoms with Gasteiger partial charge in [-0.1, -0.05) is 0 Å². The van der Waals surface area contributed by atoms with Crippen LogP contribution in [0.5, 0.6) is 11.5 Å². The first-order valence-corrected chi connectivity index (χ1v) is 3.55. The highest BCUT2D eigenvalue weighted by Crippen LogP contribution is 2.22. The zero-order valence-electron chi connectivity index (χ0n) is 7.07. The lowest BCUT2D eigenvalue weighted by molar-refractivity contribution is 0.412. The Bertz CT molecular complexity index is 262. The Morgan fingerprint density at radius 3 is 2.67 bits per heavy atom. The van der Waals surface area contributed by atoms with Crippen molar-refractivity contribution in [3.05, 3.63) is 23.8 Å². The molecule has 63 valence electrons. The van der Waals surface area contributed by atoms with Crippen LogP contribution in [0, 0.1) is 6.92 Å². The van der Waals surface area contributed by atoms with E-state index in [0.29, 0.717) is 13.4 Å². The smallest absolute Gasteiger partial charge is 0.537 e. The van der Waals surface area contributed by atoms with E-state index in [9.17, 15) is 0 Å². The Hall–Kier alpha value is -1.16. The fourth-order valence-electron chi connectivity index (χ4n) is 0.938. The molecule has 0 saturated carbocycles. The number of benzene rings is 1. The van der Waals surface area contributed by atoms with Crippen molar-refractivity contribution in [2.45, 2.75) is 6.92 Å². The molecule has 1 radical (unpaired) electrons. The molecule has 0 unspecified atom stereocenters. The van der Waals surface area contributed by atoms with Gasteiger partial charge in [-0.05, 0) is 30.7 Å². The van der Waals surface area contributed by atoms with E-state index in [0.717, 1.165) is 11.3 Å². The van der Waals surface area contributed by atoms with Crippen molar-refractivity contribution in [3.63, 3.8) is 0 Å². The lowest BCUT2D eigenvalue weighted by Crippen LogP contribution is -2.01. The Morgan fingerprint density at radius 1 is 1.42 bits per heavy atom. The van der Waals surface area contributed by atoms with Gasteiger partial charge in [-0.25, -0.2) is 0 Å². The molecule has 0 aromatic heterocycles. The largest absolute Gasteiger partial charge is 0.569 e. The minimum atomic E-state index is 0.623. The van der Waals surface area contributed by atoms with E-state index in [4.69, 9.17) is 14.4 Å². The van der Waals surface area contributed by atoms with Crippen LogP contribution in [-0.2, 0) is 0 Å². The van der Waals surface area contributed by atoms with Gasteiger partial charge in [0.2, 0.25) is 0 Å². The van der Waals surface area contributed by atoms with Gasteiger partial charge in [-0.3, -0.25) is 0 Å². The van der Waals surface area contributed by atoms with E-state index < -0.39 is 0 Å². The molecule has 1 rings (SSSR count). The predicted molar refractivity (Wildman–Crippen MR) is 46.3 cm³/mol. The highest BCUT2D eigenvalue weighted by atomic mass is 16.5. The minimum absolute atomic E-state index is 0.623. The van der Waals surface area contributed by atoms with Crippen LogP contribution >= 0.6 is 0 Å². The molecule has 0 aliphatic heterocycles. The topological polar surface area (TPSA) is 38.7 Å². The van der Waals surface area contributed by atoms with Crippen molar-refractivity contribution in [2.75, 3.05) is 7.11 Å². The summed E-state index contributed by atoms with van der Waals surface area (Å²) >= 11 is 0. The molecule has 0 fully saturated rings. The summed E-state index contributed by atoms with van der Waals surface area (Å²) in [5.74, 6) is 1.40. The number of aryl methyl sites for hydroxylation is 1. The molecule has 1 N–H and O–H groups in total. The summed E-state index contributed by atoms with van der Waals surface area (Å²) in [4.78, 5) is 0. The van der Waals surface area contributed by atoms with Crippen molar-refractivity contribution >= 4 is 7.69 Å². The molecule has 0 spiro atoms. The van der Waals surface area contributed by atoms with Gasteiger partial charge in [0.15, 0.2) is 0 Å². The van der Waals surface area contributed by atoms with Gasteiger partial charge in [-0.15, -0.1) is 0 Å². The van der Waals surface area contributed by atoms with Crippen LogP contribution in [0.15, 0.2) is 18.2 Å². The van der Waals surface area contributed by atoms with Crippen molar-refractivity contribution in [3.8, 4) is 11.5 Å². The van der Waals surface area contributed by atoms with E-state index >= 15 is 0 Å². The molecule has 1 aromatic carbocycles. The second-order valence-corrected chi connectivity index (χ2v) is 2.35. The molecule has 4 heteroatoms. The van der Waals surface area contributed by atoms with Gasteiger partial charge in [0.05, 0.1) is 7.11 Å². The monoisotopic (exact) mass is 165 g/mol. The Labute approximate surface area is 72.2 Å². The third kappa shape index (κ3) is 1.92. The van der Waals surface area contributed by atoms with E-state index in [1.807, 2.05) is 13.0 Å². The maximum absolute atomic E-state index is 8.39. The molecule has 1 aromatic rings. The number of methoxy groups -OCH3 is 1. The molecule has 0 atom stereocenters. The van der Waals surface area contributed by atoms with Crippen molar-refractivity contribution in [1.29, 1.82) is 0 Å². The summed E-state index contributed by atoms with van der Waals surface area (Å²) in [6, 6.07) is 5.34. The molecule has 0 heterocycles. The van der Waals surface area contributed by atoms with Crippen LogP contribution in [0.1, 0.15) is 5.56 Å². The normalized spacial score (nSPS) is 9.25. The van der Waals surface area contributed by atoms with Crippen LogP contribution in [0.25, 0.3) is 0 Å². The molecular weight excluding hydrogens is 155 g/mol. The highest BCUT2D eigenvalue weighted by molar-refractivity contribution is 6.17. The summed E-state index contributed by atoms with van der Waals surface area (Å²) in [6.45, 7) is 1.88. The average Bonchev–Trinajstić information content (AvgIpc) is 2.09. The Balaban J connectivity index is 2.87. The van der Waals surface area contributed by atoms with Crippen LogP contribution in [0.3, 0.4) is 0 Å². The molecule has 0 amide bonds. The van der Waals surface area contributed by atoms with Crippen LogP contribution in [0.2, 0.25) is 0 Å². The van der Waals surface area contributed by atoms with Crippen molar-refractivity contribution < 1.29 is 14.4 Å². The summed E-state index contributed by atoms with van der Waals surface area (Å²) < 4.78 is 9.81. The first-order valence-electron chi connectivity index (χ1n) is 3.55. The van der Waals surface area contributed by atoms with E-state index in [1.165, 1.54) is 0 Å². The summed E-state index contributed by atoms with van der Waals surface area (Å²) in [5, 5.41) is 8.39. The van der Waals surface area contributed by atoms with E-state index in [-0.39, 0.29) is 0 Å². The molecule has 0 bridgehead atoms. The molecule has 0 aliphatic carbocycles. The predicted octanol–water partition coefficient (Wildman–Crippen LogP) is 0.909. The van der Waals surface area contributed by atoms with Gasteiger partial charge in [-0.2, -0.15) is 0 Å². The quantitative estimate of drug-likeness (QED) is 0.676. The molecule has 3 nitrogen and oxygen atoms in total. The van der Waals surface area contributed by atoms with E-state index in [2.05, 4.69) is 0 Å². The highest BCUT2D eigenvalue weighted by Gasteiger charge is 2.00. The third-order valence-electron chi connectivity index (χ3n) is 1.56. The number of rotatable bonds is 3. The van der Waals surface area contributed by atoms with Gasteiger partial charge in [0, 0.05) is 0 Å². The zero-order valence-corrected chi connectivity index (χ0v) is 7.07. The second kappa shape index (κ2) is 4.02. The summed E-state index contributed by atoms with van der Waals surface area (Å²) in [6.07, 6.45) is 0. The molecule has 0 aliphatic rings. The number of hydrogen-bond donors (Lipinski definition) is 1. The third-order valence-corrected chi connectivity index (χ3v) is 1.56. The lowest BCUT2D eigenvalue weighted by Gasteiger charge is -2.06. The van der Waals surface area contributed by atoms with Crippen LogP contribution < -0.4 is 9.39 Å². The Morgan fingerprint density at radius 2 is 2.17 bits per heavy atom. The van der Waals surface area contributed by atoms with Crippen LogP contribution in [-0.4, -0.2) is 19.8 Å². The number of hydrogen-bond acceptors (Lipinski definition) is 3. The Kier molecular flexibility index (Phi) is 2.99. The molecule has 12 heavy (non-hydrogen) atoms. The summed E-state index contributed by atoms with van der Waals surface area (Å²) in [7, 11) is 2.27.